The minimum Gasteiger partial charge on any atom is -0.326 e. The monoisotopic (exact) mass is 366 g/mol. The lowest BCUT2D eigenvalue weighted by Gasteiger charge is -2.20. The number of nitrogens with one attached hydrogen (secondary N) is 2. The summed E-state index contributed by atoms with van der Waals surface area (Å²) in [5.74, 6) is 0.00321. The maximum atomic E-state index is 12.2. The Balaban J connectivity index is 2.09. The predicted octanol–water partition coefficient (Wildman–Crippen LogP) is 3.69. The molecule has 2 aromatic rings. The summed E-state index contributed by atoms with van der Waals surface area (Å²) in [7, 11) is -3.63. The van der Waals surface area contributed by atoms with E-state index in [1.54, 1.807) is 56.3 Å². The third kappa shape index (κ3) is 4.49. The van der Waals surface area contributed by atoms with Crippen LogP contribution in [0.2, 0.25) is 0 Å². The van der Waals surface area contributed by atoms with Gasteiger partial charge in [-0.3, -0.25) is 9.52 Å². The van der Waals surface area contributed by atoms with Gasteiger partial charge >= 0.3 is 0 Å². The van der Waals surface area contributed by atoms with Gasteiger partial charge in [0.25, 0.3) is 10.0 Å². The van der Waals surface area contributed by atoms with E-state index in [1.807, 2.05) is 0 Å². The molecule has 24 heavy (non-hydrogen) atoms. The number of benzene rings is 2. The SMILES string of the molecule is CC(C)(CCl)C(=O)Nc1ccc(NS(=O)(=O)c2ccccc2)cc1. The number of rotatable bonds is 6. The molecule has 0 aromatic heterocycles. The van der Waals surface area contributed by atoms with E-state index in [0.29, 0.717) is 11.4 Å². The summed E-state index contributed by atoms with van der Waals surface area (Å²) in [6, 6.07) is 14.5. The number of carbonyl (C=O) groups is 1. The van der Waals surface area contributed by atoms with Crippen molar-refractivity contribution in [2.24, 2.45) is 5.41 Å². The summed E-state index contributed by atoms with van der Waals surface area (Å²) in [6.45, 7) is 3.50. The fourth-order valence-corrected chi connectivity index (χ4v) is 3.00. The molecule has 1 amide bonds. The van der Waals surface area contributed by atoms with Crippen LogP contribution < -0.4 is 10.0 Å². The first-order valence-electron chi connectivity index (χ1n) is 7.30. The van der Waals surface area contributed by atoms with E-state index in [2.05, 4.69) is 10.0 Å². The largest absolute Gasteiger partial charge is 0.326 e. The van der Waals surface area contributed by atoms with Crippen LogP contribution in [0.1, 0.15) is 13.8 Å². The van der Waals surface area contributed by atoms with E-state index in [4.69, 9.17) is 11.6 Å². The maximum Gasteiger partial charge on any atom is 0.261 e. The second-order valence-corrected chi connectivity index (χ2v) is 7.92. The molecule has 7 heteroatoms. The van der Waals surface area contributed by atoms with Gasteiger partial charge in [-0.25, -0.2) is 8.42 Å². The average molecular weight is 367 g/mol. The van der Waals surface area contributed by atoms with Crippen LogP contribution in [0.25, 0.3) is 0 Å². The summed E-state index contributed by atoms with van der Waals surface area (Å²) in [6.07, 6.45) is 0. The minimum atomic E-state index is -3.63. The van der Waals surface area contributed by atoms with Crippen molar-refractivity contribution in [1.82, 2.24) is 0 Å². The minimum absolute atomic E-state index is 0.186. The Hall–Kier alpha value is -2.05. The molecule has 2 aromatic carbocycles. The van der Waals surface area contributed by atoms with E-state index < -0.39 is 15.4 Å². The molecular formula is C17H19ClN2O3S. The molecule has 128 valence electrons. The van der Waals surface area contributed by atoms with Crippen LogP contribution in [0.4, 0.5) is 11.4 Å². The van der Waals surface area contributed by atoms with Crippen LogP contribution >= 0.6 is 11.6 Å². The van der Waals surface area contributed by atoms with E-state index in [1.165, 1.54) is 12.1 Å². The van der Waals surface area contributed by atoms with Gasteiger partial charge in [0.2, 0.25) is 5.91 Å². The van der Waals surface area contributed by atoms with Crippen LogP contribution in [-0.4, -0.2) is 20.2 Å². The molecule has 0 radical (unpaired) electrons. The lowest BCUT2D eigenvalue weighted by Crippen LogP contribution is -2.32. The summed E-state index contributed by atoms with van der Waals surface area (Å²) >= 11 is 5.77. The van der Waals surface area contributed by atoms with Crippen LogP contribution in [0.3, 0.4) is 0 Å². The molecule has 0 fully saturated rings. The van der Waals surface area contributed by atoms with E-state index in [0.717, 1.165) is 0 Å². The third-order valence-corrected chi connectivity index (χ3v) is 5.46. The highest BCUT2D eigenvalue weighted by Gasteiger charge is 2.26. The number of anilines is 2. The van der Waals surface area contributed by atoms with Crippen LogP contribution in [0.15, 0.2) is 59.5 Å². The van der Waals surface area contributed by atoms with Gasteiger partial charge in [0, 0.05) is 17.3 Å². The molecule has 0 saturated heterocycles. The highest BCUT2D eigenvalue weighted by molar-refractivity contribution is 7.92. The summed E-state index contributed by atoms with van der Waals surface area (Å²) in [5, 5.41) is 2.75. The number of sulfonamides is 1. The molecule has 0 aliphatic rings. The van der Waals surface area contributed by atoms with Crippen molar-refractivity contribution in [1.29, 1.82) is 0 Å². The van der Waals surface area contributed by atoms with Crippen LogP contribution in [0, 0.1) is 5.41 Å². The van der Waals surface area contributed by atoms with Crippen LogP contribution in [0.5, 0.6) is 0 Å². The molecule has 0 bridgehead atoms. The Kier molecular flexibility index (Phi) is 5.51. The molecule has 0 heterocycles. The molecule has 0 aliphatic heterocycles. The second-order valence-electron chi connectivity index (χ2n) is 5.97. The number of alkyl halides is 1. The van der Waals surface area contributed by atoms with Crippen molar-refractivity contribution in [3.8, 4) is 0 Å². The Labute approximate surface area is 147 Å². The van der Waals surface area contributed by atoms with Gasteiger partial charge in [-0.1, -0.05) is 18.2 Å². The molecule has 0 atom stereocenters. The fraction of sp³-hybridized carbons (Fsp3) is 0.235. The lowest BCUT2D eigenvalue weighted by atomic mass is 9.95. The van der Waals surface area contributed by atoms with Crippen LogP contribution in [-0.2, 0) is 14.8 Å². The Bertz CT molecular complexity index is 803. The van der Waals surface area contributed by atoms with Gasteiger partial charge in [0.05, 0.1) is 10.3 Å². The average Bonchev–Trinajstić information content (AvgIpc) is 2.57. The Morgan fingerprint density at radius 3 is 2.08 bits per heavy atom. The number of halogens is 1. The summed E-state index contributed by atoms with van der Waals surface area (Å²) < 4.78 is 27.0. The Morgan fingerprint density at radius 2 is 1.54 bits per heavy atom. The maximum absolute atomic E-state index is 12.2. The highest BCUT2D eigenvalue weighted by atomic mass is 35.5. The molecule has 0 saturated carbocycles. The van der Waals surface area contributed by atoms with Crippen molar-refractivity contribution in [3.05, 3.63) is 54.6 Å². The predicted molar refractivity (Wildman–Crippen MR) is 96.8 cm³/mol. The highest BCUT2D eigenvalue weighted by Crippen LogP contribution is 2.22. The van der Waals surface area contributed by atoms with E-state index in [-0.39, 0.29) is 16.7 Å². The van der Waals surface area contributed by atoms with Gasteiger partial charge in [-0.05, 0) is 50.2 Å². The molecule has 0 spiro atoms. The van der Waals surface area contributed by atoms with Crippen molar-refractivity contribution in [3.63, 3.8) is 0 Å². The first-order valence-corrected chi connectivity index (χ1v) is 9.32. The van der Waals surface area contributed by atoms with Gasteiger partial charge in [-0.2, -0.15) is 0 Å². The smallest absolute Gasteiger partial charge is 0.261 e. The first kappa shape index (κ1) is 18.3. The lowest BCUT2D eigenvalue weighted by molar-refractivity contribution is -0.122. The number of carbonyl (C=O) groups excluding carboxylic acids is 1. The van der Waals surface area contributed by atoms with Crippen molar-refractivity contribution in [2.45, 2.75) is 18.7 Å². The molecule has 2 rings (SSSR count). The number of amides is 1. The van der Waals surface area contributed by atoms with Gasteiger partial charge in [0.15, 0.2) is 0 Å². The van der Waals surface area contributed by atoms with Gasteiger partial charge in [-0.15, -0.1) is 11.6 Å². The van der Waals surface area contributed by atoms with Crippen molar-refractivity contribution in [2.75, 3.05) is 15.9 Å². The molecule has 0 aliphatic carbocycles. The molecule has 0 unspecified atom stereocenters. The molecular weight excluding hydrogens is 348 g/mol. The van der Waals surface area contributed by atoms with Gasteiger partial charge in [0.1, 0.15) is 0 Å². The third-order valence-electron chi connectivity index (χ3n) is 3.40. The van der Waals surface area contributed by atoms with Crippen molar-refractivity contribution >= 4 is 38.9 Å². The number of hydrogen-bond acceptors (Lipinski definition) is 3. The Morgan fingerprint density at radius 1 is 1.00 bits per heavy atom. The van der Waals surface area contributed by atoms with Gasteiger partial charge < -0.3 is 5.32 Å². The summed E-state index contributed by atoms with van der Waals surface area (Å²) in [4.78, 5) is 12.2. The summed E-state index contributed by atoms with van der Waals surface area (Å²) in [5.41, 5.74) is 0.295. The normalized spacial score (nSPS) is 11.8. The van der Waals surface area contributed by atoms with E-state index in [9.17, 15) is 13.2 Å². The topological polar surface area (TPSA) is 75.3 Å². The number of hydrogen-bond donors (Lipinski definition) is 2. The molecule has 2 N–H and O–H groups in total. The fourth-order valence-electron chi connectivity index (χ4n) is 1.80. The first-order chi connectivity index (χ1) is 11.2. The zero-order valence-electron chi connectivity index (χ0n) is 13.4. The standard InChI is InChI=1S/C17H19ClN2O3S/c1-17(2,12-18)16(21)19-13-8-10-14(11-9-13)20-24(22,23)15-6-4-3-5-7-15/h3-11,20H,12H2,1-2H3,(H,19,21). The zero-order valence-corrected chi connectivity index (χ0v) is 15.0. The van der Waals surface area contributed by atoms with E-state index >= 15 is 0 Å². The quantitative estimate of drug-likeness (QED) is 0.765. The molecule has 5 nitrogen and oxygen atoms in total. The van der Waals surface area contributed by atoms with Crippen molar-refractivity contribution < 1.29 is 13.2 Å². The zero-order chi connectivity index (χ0) is 17.8. The second kappa shape index (κ2) is 7.23.